The minimum absolute atomic E-state index is 0.0715. The molecular formula is C31H32F4N4O2S. The van der Waals surface area contributed by atoms with Crippen molar-refractivity contribution in [3.05, 3.63) is 76.0 Å². The maximum atomic E-state index is 13.6. The maximum Gasteiger partial charge on any atom is 0.416 e. The largest absolute Gasteiger partial charge is 0.416 e. The van der Waals surface area contributed by atoms with Crippen LogP contribution in [0.2, 0.25) is 0 Å². The Balaban J connectivity index is 1.15. The second-order valence-corrected chi connectivity index (χ2v) is 12.2. The first-order valence-electron chi connectivity index (χ1n) is 14.2. The van der Waals surface area contributed by atoms with Crippen LogP contribution in [0.3, 0.4) is 0 Å². The molecule has 2 aliphatic heterocycles. The highest BCUT2D eigenvalue weighted by Gasteiger charge is 2.32. The number of benzene rings is 2. The Bertz CT molecular complexity index is 1590. The summed E-state index contributed by atoms with van der Waals surface area (Å²) in [7, 11) is 0. The molecule has 1 fully saturated rings. The lowest BCUT2D eigenvalue weighted by atomic mass is 9.89. The number of carbonyl (C=O) groups excluding carboxylic acids is 1. The van der Waals surface area contributed by atoms with Gasteiger partial charge in [-0.2, -0.15) is 18.3 Å². The van der Waals surface area contributed by atoms with Crippen molar-refractivity contribution in [3.8, 4) is 11.3 Å². The van der Waals surface area contributed by atoms with Gasteiger partial charge in [-0.3, -0.25) is 9.48 Å². The van der Waals surface area contributed by atoms with Gasteiger partial charge in [0.15, 0.2) is 0 Å². The van der Waals surface area contributed by atoms with Crippen LogP contribution in [0.4, 0.5) is 17.6 Å². The third-order valence-electron chi connectivity index (χ3n) is 8.51. The van der Waals surface area contributed by atoms with Gasteiger partial charge in [0.05, 0.1) is 23.9 Å². The Morgan fingerprint density at radius 1 is 1.10 bits per heavy atom. The van der Waals surface area contributed by atoms with Crippen LogP contribution in [-0.4, -0.2) is 62.9 Å². The van der Waals surface area contributed by atoms with Gasteiger partial charge in [0.1, 0.15) is 5.82 Å². The predicted molar refractivity (Wildman–Crippen MR) is 154 cm³/mol. The number of aliphatic hydroxyl groups excluding tert-OH is 1. The zero-order valence-corrected chi connectivity index (χ0v) is 24.0. The Morgan fingerprint density at radius 2 is 1.83 bits per heavy atom. The van der Waals surface area contributed by atoms with Gasteiger partial charge < -0.3 is 14.9 Å². The summed E-state index contributed by atoms with van der Waals surface area (Å²) in [5.41, 5.74) is 3.34. The lowest BCUT2D eigenvalue weighted by molar-refractivity contribution is -0.137. The molecule has 1 atom stereocenters. The number of hydrogen-bond donors (Lipinski definition) is 1. The highest BCUT2D eigenvalue weighted by Crippen LogP contribution is 2.37. The number of fused-ring (bicyclic) bond motifs is 2. The molecule has 4 heterocycles. The average molecular weight is 601 g/mol. The molecule has 4 aromatic rings. The molecule has 1 amide bonds. The molecular weight excluding hydrogens is 568 g/mol. The number of aliphatic hydroxyl groups is 1. The lowest BCUT2D eigenvalue weighted by Gasteiger charge is -2.33. The second kappa shape index (κ2) is 11.4. The average Bonchev–Trinajstić information content (AvgIpc) is 3.54. The normalized spacial score (nSPS) is 17.5. The van der Waals surface area contributed by atoms with E-state index in [0.717, 1.165) is 59.4 Å². The summed E-state index contributed by atoms with van der Waals surface area (Å²) in [4.78, 5) is 16.1. The number of thiophene rings is 1. The van der Waals surface area contributed by atoms with Gasteiger partial charge in [-0.15, -0.1) is 11.3 Å². The SMILES string of the molecule is CC(=O)N1CCc2c(c(-c3ccc(C(F)(F)F)cc3)nn2CC(O)CN2CCC(c3csc4cc(F)ccc34)CC2)C1. The molecule has 2 aromatic heterocycles. The molecule has 0 radical (unpaired) electrons. The molecule has 42 heavy (non-hydrogen) atoms. The molecule has 1 N–H and O–H groups in total. The highest BCUT2D eigenvalue weighted by atomic mass is 32.1. The minimum atomic E-state index is -4.43. The van der Waals surface area contributed by atoms with Gasteiger partial charge in [0, 0.05) is 54.5 Å². The number of amides is 1. The van der Waals surface area contributed by atoms with Crippen molar-refractivity contribution in [3.63, 3.8) is 0 Å². The number of rotatable bonds is 6. The minimum Gasteiger partial charge on any atom is -0.390 e. The standard InChI is InChI=1S/C31H32F4N4O2S/c1-19(40)38-13-10-28-26(17-38)30(21-2-4-22(5-3-21)31(33,34)35)36-39(28)16-24(41)15-37-11-8-20(9-12-37)27-18-42-29-14-23(32)6-7-25(27)29/h2-7,14,18,20,24,41H,8-13,15-17H2,1H3. The third-order valence-corrected chi connectivity index (χ3v) is 9.48. The van der Waals surface area contributed by atoms with Crippen molar-refractivity contribution in [2.45, 2.75) is 57.5 Å². The molecule has 6 rings (SSSR count). The summed E-state index contributed by atoms with van der Waals surface area (Å²) in [5, 5.41) is 19.1. The van der Waals surface area contributed by atoms with E-state index in [9.17, 15) is 27.5 Å². The first-order valence-corrected chi connectivity index (χ1v) is 15.0. The van der Waals surface area contributed by atoms with Crippen LogP contribution >= 0.6 is 11.3 Å². The second-order valence-electron chi connectivity index (χ2n) is 11.3. The molecule has 0 saturated carbocycles. The quantitative estimate of drug-likeness (QED) is 0.273. The number of nitrogens with zero attached hydrogens (tertiary/aromatic N) is 4. The Hall–Kier alpha value is -3.28. The van der Waals surface area contributed by atoms with E-state index in [0.29, 0.717) is 43.2 Å². The van der Waals surface area contributed by atoms with Gasteiger partial charge in [-0.1, -0.05) is 18.2 Å². The van der Waals surface area contributed by atoms with Crippen LogP contribution in [0.1, 0.15) is 48.1 Å². The zero-order valence-electron chi connectivity index (χ0n) is 23.2. The number of β-amino-alcohol motifs (C(OH)–C–C–N with tert-alkyl or cyclic N) is 1. The predicted octanol–water partition coefficient (Wildman–Crippen LogP) is 6.07. The van der Waals surface area contributed by atoms with E-state index in [2.05, 4.69) is 10.3 Å². The lowest BCUT2D eigenvalue weighted by Crippen LogP contribution is -2.40. The number of hydrogen-bond acceptors (Lipinski definition) is 5. The molecule has 2 aliphatic rings. The van der Waals surface area contributed by atoms with Gasteiger partial charge >= 0.3 is 6.18 Å². The summed E-state index contributed by atoms with van der Waals surface area (Å²) in [6, 6.07) is 9.88. The highest BCUT2D eigenvalue weighted by molar-refractivity contribution is 7.17. The van der Waals surface area contributed by atoms with Crippen molar-refractivity contribution >= 4 is 27.3 Å². The van der Waals surface area contributed by atoms with E-state index in [1.165, 1.54) is 30.7 Å². The van der Waals surface area contributed by atoms with Crippen LogP contribution in [-0.2, 0) is 30.5 Å². The number of halogens is 4. The van der Waals surface area contributed by atoms with E-state index in [4.69, 9.17) is 5.10 Å². The first-order chi connectivity index (χ1) is 20.1. The molecule has 2 aromatic carbocycles. The Kier molecular flexibility index (Phi) is 7.84. The summed E-state index contributed by atoms with van der Waals surface area (Å²) < 4.78 is 55.8. The number of piperidine rings is 1. The van der Waals surface area contributed by atoms with Crippen LogP contribution in [0.25, 0.3) is 21.3 Å². The molecule has 0 aliphatic carbocycles. The molecule has 11 heteroatoms. The number of aromatic nitrogens is 2. The van der Waals surface area contributed by atoms with E-state index >= 15 is 0 Å². The van der Waals surface area contributed by atoms with E-state index in [1.807, 2.05) is 6.07 Å². The van der Waals surface area contributed by atoms with Crippen molar-refractivity contribution in [1.29, 1.82) is 0 Å². The van der Waals surface area contributed by atoms with E-state index in [-0.39, 0.29) is 18.3 Å². The molecule has 222 valence electrons. The number of likely N-dealkylation sites (tertiary alicyclic amines) is 1. The summed E-state index contributed by atoms with van der Waals surface area (Å²) in [6.07, 6.45) is -2.67. The monoisotopic (exact) mass is 600 g/mol. The summed E-state index contributed by atoms with van der Waals surface area (Å²) in [5.74, 6) is 0.102. The third kappa shape index (κ3) is 5.82. The maximum absolute atomic E-state index is 13.6. The Labute approximate surface area is 245 Å². The fraction of sp³-hybridized carbons (Fsp3) is 0.419. The summed E-state index contributed by atoms with van der Waals surface area (Å²) >= 11 is 1.57. The van der Waals surface area contributed by atoms with Gasteiger partial charge in [-0.05, 0) is 72.4 Å². The number of carbonyl (C=O) groups is 1. The Morgan fingerprint density at radius 3 is 2.52 bits per heavy atom. The topological polar surface area (TPSA) is 61.6 Å². The molecule has 6 nitrogen and oxygen atoms in total. The van der Waals surface area contributed by atoms with Crippen LogP contribution in [0, 0.1) is 5.82 Å². The summed E-state index contributed by atoms with van der Waals surface area (Å²) in [6.45, 7) is 4.75. The fourth-order valence-electron chi connectivity index (χ4n) is 6.28. The van der Waals surface area contributed by atoms with Crippen LogP contribution in [0.15, 0.2) is 47.8 Å². The van der Waals surface area contributed by atoms with Crippen LogP contribution < -0.4 is 0 Å². The van der Waals surface area contributed by atoms with E-state index in [1.54, 1.807) is 27.0 Å². The molecule has 0 spiro atoms. The molecule has 1 unspecified atom stereocenters. The molecule has 0 bridgehead atoms. The van der Waals surface area contributed by atoms with Gasteiger partial charge in [-0.25, -0.2) is 4.39 Å². The van der Waals surface area contributed by atoms with Crippen LogP contribution in [0.5, 0.6) is 0 Å². The zero-order chi connectivity index (χ0) is 29.6. The van der Waals surface area contributed by atoms with Crippen molar-refractivity contribution in [2.24, 2.45) is 0 Å². The van der Waals surface area contributed by atoms with Gasteiger partial charge in [0.2, 0.25) is 5.91 Å². The number of alkyl halides is 3. The van der Waals surface area contributed by atoms with Crippen molar-refractivity contribution < 1.29 is 27.5 Å². The van der Waals surface area contributed by atoms with Crippen molar-refractivity contribution in [1.82, 2.24) is 19.6 Å². The first kappa shape index (κ1) is 28.8. The van der Waals surface area contributed by atoms with Crippen molar-refractivity contribution in [2.75, 3.05) is 26.2 Å². The van der Waals surface area contributed by atoms with Gasteiger partial charge in [0.25, 0.3) is 0 Å². The van der Waals surface area contributed by atoms with E-state index < -0.39 is 17.8 Å². The smallest absolute Gasteiger partial charge is 0.390 e. The molecule has 1 saturated heterocycles. The fourth-order valence-corrected chi connectivity index (χ4v) is 7.35.